The van der Waals surface area contributed by atoms with Crippen LogP contribution in [0, 0.1) is 19.3 Å². The predicted molar refractivity (Wildman–Crippen MR) is 80.9 cm³/mol. The van der Waals surface area contributed by atoms with Gasteiger partial charge in [0, 0.05) is 0 Å². The first-order valence-electron chi connectivity index (χ1n) is 7.33. The monoisotopic (exact) mass is 247 g/mol. The maximum atomic E-state index is 6.07. The van der Waals surface area contributed by atoms with Gasteiger partial charge in [0.15, 0.2) is 0 Å². The van der Waals surface area contributed by atoms with Gasteiger partial charge in [-0.15, -0.1) is 0 Å². The Hall–Kier alpha value is -0.820. The highest BCUT2D eigenvalue weighted by atomic mass is 14.6. The van der Waals surface area contributed by atoms with Crippen LogP contribution in [0.5, 0.6) is 0 Å². The first-order valence-corrected chi connectivity index (χ1v) is 7.33. The highest BCUT2D eigenvalue weighted by Gasteiger charge is 2.26. The van der Waals surface area contributed by atoms with Crippen LogP contribution < -0.4 is 5.73 Å². The SMILES string of the molecule is CCCCC(CC)(CN)Cc1ccc(C)c(C)c1. The lowest BCUT2D eigenvalue weighted by Gasteiger charge is -2.32. The molecule has 1 aromatic rings. The van der Waals surface area contributed by atoms with Gasteiger partial charge in [-0.2, -0.15) is 0 Å². The lowest BCUT2D eigenvalue weighted by molar-refractivity contribution is 0.251. The van der Waals surface area contributed by atoms with Crippen molar-refractivity contribution in [3.05, 3.63) is 34.9 Å². The van der Waals surface area contributed by atoms with E-state index in [-0.39, 0.29) is 0 Å². The van der Waals surface area contributed by atoms with Gasteiger partial charge >= 0.3 is 0 Å². The second kappa shape index (κ2) is 6.94. The van der Waals surface area contributed by atoms with Crippen LogP contribution in [0.2, 0.25) is 0 Å². The maximum Gasteiger partial charge on any atom is -0.00174 e. The Morgan fingerprint density at radius 1 is 1.11 bits per heavy atom. The van der Waals surface area contributed by atoms with Gasteiger partial charge in [-0.1, -0.05) is 44.9 Å². The van der Waals surface area contributed by atoms with Gasteiger partial charge in [0.05, 0.1) is 0 Å². The second-order valence-electron chi connectivity index (χ2n) is 5.76. The van der Waals surface area contributed by atoms with E-state index in [0.29, 0.717) is 5.41 Å². The third-order valence-corrected chi connectivity index (χ3v) is 4.39. The summed E-state index contributed by atoms with van der Waals surface area (Å²) in [5, 5.41) is 0. The molecule has 0 aliphatic carbocycles. The Morgan fingerprint density at radius 2 is 1.83 bits per heavy atom. The van der Waals surface area contributed by atoms with Crippen molar-refractivity contribution in [3.63, 3.8) is 0 Å². The summed E-state index contributed by atoms with van der Waals surface area (Å²) in [4.78, 5) is 0. The Balaban J connectivity index is 2.84. The first kappa shape index (κ1) is 15.2. The summed E-state index contributed by atoms with van der Waals surface area (Å²) < 4.78 is 0. The van der Waals surface area contributed by atoms with Crippen molar-refractivity contribution in [2.24, 2.45) is 11.1 Å². The molecule has 2 N–H and O–H groups in total. The van der Waals surface area contributed by atoms with Crippen LogP contribution in [0.25, 0.3) is 0 Å². The molecule has 1 atom stereocenters. The molecule has 0 saturated heterocycles. The zero-order valence-corrected chi connectivity index (χ0v) is 12.6. The van der Waals surface area contributed by atoms with Crippen molar-refractivity contribution < 1.29 is 0 Å². The molecule has 0 heterocycles. The Morgan fingerprint density at radius 3 is 2.33 bits per heavy atom. The highest BCUT2D eigenvalue weighted by molar-refractivity contribution is 5.30. The van der Waals surface area contributed by atoms with E-state index in [1.165, 1.54) is 42.4 Å². The summed E-state index contributed by atoms with van der Waals surface area (Å²) >= 11 is 0. The number of aryl methyl sites for hydroxylation is 2. The second-order valence-corrected chi connectivity index (χ2v) is 5.76. The van der Waals surface area contributed by atoms with Gasteiger partial charge in [0.1, 0.15) is 0 Å². The Kier molecular flexibility index (Phi) is 5.87. The van der Waals surface area contributed by atoms with Crippen LogP contribution in [0.4, 0.5) is 0 Å². The average molecular weight is 247 g/mol. The molecule has 0 amide bonds. The van der Waals surface area contributed by atoms with Crippen molar-refractivity contribution in [1.82, 2.24) is 0 Å². The summed E-state index contributed by atoms with van der Waals surface area (Å²) in [5.74, 6) is 0. The summed E-state index contributed by atoms with van der Waals surface area (Å²) in [6.45, 7) is 9.71. The summed E-state index contributed by atoms with van der Waals surface area (Å²) in [7, 11) is 0. The molecule has 1 heteroatoms. The Labute approximate surface area is 113 Å². The fourth-order valence-corrected chi connectivity index (χ4v) is 2.61. The summed E-state index contributed by atoms with van der Waals surface area (Å²) in [6.07, 6.45) is 6.10. The third kappa shape index (κ3) is 3.84. The van der Waals surface area contributed by atoms with E-state index in [9.17, 15) is 0 Å². The van der Waals surface area contributed by atoms with E-state index in [4.69, 9.17) is 5.73 Å². The molecule has 1 aromatic carbocycles. The molecule has 18 heavy (non-hydrogen) atoms. The van der Waals surface area contributed by atoms with Crippen LogP contribution in [0.1, 0.15) is 56.2 Å². The van der Waals surface area contributed by atoms with Gasteiger partial charge < -0.3 is 5.73 Å². The number of hydrogen-bond acceptors (Lipinski definition) is 1. The molecular weight excluding hydrogens is 218 g/mol. The van der Waals surface area contributed by atoms with Gasteiger partial charge in [0.2, 0.25) is 0 Å². The third-order valence-electron chi connectivity index (χ3n) is 4.39. The fraction of sp³-hybridized carbons (Fsp3) is 0.647. The van der Waals surface area contributed by atoms with Crippen LogP contribution in [0.15, 0.2) is 18.2 Å². The molecule has 0 radical (unpaired) electrons. The molecule has 0 fully saturated rings. The van der Waals surface area contributed by atoms with Crippen molar-refractivity contribution >= 4 is 0 Å². The fourth-order valence-electron chi connectivity index (χ4n) is 2.61. The zero-order chi connectivity index (χ0) is 13.6. The van der Waals surface area contributed by atoms with Crippen LogP contribution >= 0.6 is 0 Å². The molecule has 0 bridgehead atoms. The molecule has 1 unspecified atom stereocenters. The molecule has 102 valence electrons. The maximum absolute atomic E-state index is 6.07. The largest absolute Gasteiger partial charge is 0.330 e. The molecule has 0 saturated carbocycles. The molecule has 0 aromatic heterocycles. The van der Waals surface area contributed by atoms with E-state index in [2.05, 4.69) is 45.9 Å². The standard InChI is InChI=1S/C17H29N/c1-5-7-10-17(6-2,13-18)12-16-9-8-14(3)15(4)11-16/h8-9,11H,5-7,10,12-13,18H2,1-4H3. The molecule has 1 rings (SSSR count). The molecule has 0 aliphatic heterocycles. The van der Waals surface area contributed by atoms with Crippen molar-refractivity contribution in [1.29, 1.82) is 0 Å². The zero-order valence-electron chi connectivity index (χ0n) is 12.6. The quantitative estimate of drug-likeness (QED) is 0.759. The van der Waals surface area contributed by atoms with Crippen molar-refractivity contribution in [3.8, 4) is 0 Å². The number of unbranched alkanes of at least 4 members (excludes halogenated alkanes) is 1. The molecule has 1 nitrogen and oxygen atoms in total. The minimum Gasteiger partial charge on any atom is -0.330 e. The van der Waals surface area contributed by atoms with E-state index in [1.54, 1.807) is 0 Å². The first-order chi connectivity index (χ1) is 8.56. The van der Waals surface area contributed by atoms with E-state index in [0.717, 1.165) is 13.0 Å². The summed E-state index contributed by atoms with van der Waals surface area (Å²) in [6, 6.07) is 6.84. The smallest absolute Gasteiger partial charge is 0.00174 e. The van der Waals surface area contributed by atoms with Gasteiger partial charge in [-0.05, 0) is 61.8 Å². The predicted octanol–water partition coefficient (Wildman–Crippen LogP) is 4.39. The number of rotatable bonds is 7. The van der Waals surface area contributed by atoms with E-state index < -0.39 is 0 Å². The van der Waals surface area contributed by atoms with E-state index in [1.807, 2.05) is 0 Å². The van der Waals surface area contributed by atoms with Crippen molar-refractivity contribution in [2.45, 2.75) is 59.8 Å². The Bertz CT molecular complexity index is 364. The van der Waals surface area contributed by atoms with Gasteiger partial charge in [-0.3, -0.25) is 0 Å². The molecule has 0 spiro atoms. The van der Waals surface area contributed by atoms with Crippen molar-refractivity contribution in [2.75, 3.05) is 6.54 Å². The van der Waals surface area contributed by atoms with Crippen LogP contribution in [0.3, 0.4) is 0 Å². The van der Waals surface area contributed by atoms with Crippen LogP contribution in [-0.4, -0.2) is 6.54 Å². The topological polar surface area (TPSA) is 26.0 Å². The van der Waals surface area contributed by atoms with Gasteiger partial charge in [0.25, 0.3) is 0 Å². The summed E-state index contributed by atoms with van der Waals surface area (Å²) in [5.41, 5.74) is 10.6. The number of nitrogens with two attached hydrogens (primary N) is 1. The number of hydrogen-bond donors (Lipinski definition) is 1. The van der Waals surface area contributed by atoms with Gasteiger partial charge in [-0.25, -0.2) is 0 Å². The highest BCUT2D eigenvalue weighted by Crippen LogP contribution is 2.32. The minimum absolute atomic E-state index is 0.303. The van der Waals surface area contributed by atoms with E-state index >= 15 is 0 Å². The lowest BCUT2D eigenvalue weighted by Crippen LogP contribution is -2.32. The number of benzene rings is 1. The van der Waals surface area contributed by atoms with Crippen LogP contribution in [-0.2, 0) is 6.42 Å². The molecule has 0 aliphatic rings. The normalized spacial score (nSPS) is 14.5. The minimum atomic E-state index is 0.303. The molecular formula is C17H29N. The lowest BCUT2D eigenvalue weighted by atomic mass is 9.75. The average Bonchev–Trinajstić information content (AvgIpc) is 2.39.